The van der Waals surface area contributed by atoms with Crippen molar-refractivity contribution in [3.05, 3.63) is 89.0 Å². The van der Waals surface area contributed by atoms with E-state index in [0.29, 0.717) is 54.1 Å². The van der Waals surface area contributed by atoms with Crippen molar-refractivity contribution in [1.29, 1.82) is 5.41 Å². The number of amidine groups is 1. The number of ether oxygens (including phenoxy) is 6. The van der Waals surface area contributed by atoms with E-state index in [9.17, 15) is 14.4 Å². The van der Waals surface area contributed by atoms with Crippen molar-refractivity contribution in [2.45, 2.75) is 96.0 Å². The van der Waals surface area contributed by atoms with Crippen LogP contribution < -0.4 is 20.7 Å². The van der Waals surface area contributed by atoms with Crippen LogP contribution in [0.2, 0.25) is 0 Å². The van der Waals surface area contributed by atoms with E-state index in [4.69, 9.17) is 38.8 Å². The molecule has 17 nitrogen and oxygen atoms in total. The molecule has 4 N–H and O–H groups in total. The Hall–Kier alpha value is -5.03. The average molecular weight is 1020 g/mol. The first-order valence-corrected chi connectivity index (χ1v) is 23.8. The third-order valence-corrected chi connectivity index (χ3v) is 11.5. The number of halogens is 1. The molecule has 2 amide bonds. The number of hydrogen-bond donors (Lipinski definition) is 4. The first-order valence-electron chi connectivity index (χ1n) is 21.8. The van der Waals surface area contributed by atoms with E-state index in [0.717, 1.165) is 16.9 Å². The Bertz CT molecular complexity index is 2400. The molecule has 0 aromatic heterocycles. The third-order valence-electron chi connectivity index (χ3n) is 11.5. The minimum absolute atomic E-state index is 0.0846. The van der Waals surface area contributed by atoms with E-state index in [1.54, 1.807) is 41.1 Å². The molecule has 6 atom stereocenters. The fourth-order valence-electron chi connectivity index (χ4n) is 8.30. The van der Waals surface area contributed by atoms with Gasteiger partial charge in [-0.2, -0.15) is 0 Å². The van der Waals surface area contributed by atoms with Crippen LogP contribution in [0.1, 0.15) is 86.3 Å². The van der Waals surface area contributed by atoms with Gasteiger partial charge in [0.1, 0.15) is 23.7 Å². The van der Waals surface area contributed by atoms with Crippen molar-refractivity contribution < 1.29 is 70.1 Å². The monoisotopic (exact) mass is 1020 g/mol. The Morgan fingerprint density at radius 3 is 2.45 bits per heavy atom. The van der Waals surface area contributed by atoms with E-state index in [-0.39, 0.29) is 44.0 Å². The number of ketones is 1. The van der Waals surface area contributed by atoms with Gasteiger partial charge in [-0.25, -0.2) is 14.9 Å². The molecule has 3 aromatic carbocycles. The van der Waals surface area contributed by atoms with E-state index in [2.05, 4.69) is 101 Å². The summed E-state index contributed by atoms with van der Waals surface area (Å²) >= 11 is 2.22. The number of hydrogen-bond acceptors (Lipinski definition) is 13. The molecular weight excluding hydrogens is 962 g/mol. The summed E-state index contributed by atoms with van der Waals surface area (Å²) in [5.74, 6) is 1.00. The number of nitrogens with zero attached hydrogens (tertiary/aromatic N) is 4. The summed E-state index contributed by atoms with van der Waals surface area (Å²) in [4.78, 5) is 46.4. The normalized spacial score (nSPS) is 23.8. The number of methoxy groups -OCH3 is 1. The van der Waals surface area contributed by atoms with Gasteiger partial charge in [-0.05, 0) is 71.4 Å². The topological polar surface area (TPSA) is 197 Å². The van der Waals surface area contributed by atoms with Crippen molar-refractivity contribution in [2.24, 2.45) is 9.98 Å². The zero-order valence-corrected chi connectivity index (χ0v) is 39.9. The van der Waals surface area contributed by atoms with Gasteiger partial charge in [0.2, 0.25) is 6.21 Å². The zero-order chi connectivity index (χ0) is 47.1. The van der Waals surface area contributed by atoms with Crippen LogP contribution in [-0.4, -0.2) is 133 Å². The van der Waals surface area contributed by atoms with Crippen LogP contribution in [0, 0.1) is 11.5 Å². The number of benzene rings is 3. The Morgan fingerprint density at radius 2 is 1.79 bits per heavy atom. The molecule has 0 radical (unpaired) electrons. The predicted molar refractivity (Wildman–Crippen MR) is 243 cm³/mol. The number of carbonyl (C=O) groups is 3. The summed E-state index contributed by atoms with van der Waals surface area (Å²) in [5.41, 5.74) is 6.04. The Kier molecular flexibility index (Phi) is 16.1. The molecule has 0 aliphatic carbocycles. The molecule has 19 heteroatoms. The van der Waals surface area contributed by atoms with E-state index < -0.39 is 42.6 Å². The number of para-hydroxylation sites is 1. The summed E-state index contributed by atoms with van der Waals surface area (Å²) < 4.78 is 40.2. The van der Waals surface area contributed by atoms with Crippen molar-refractivity contribution in [2.75, 3.05) is 45.3 Å². The van der Waals surface area contributed by atoms with Crippen molar-refractivity contribution in [1.82, 2.24) is 10.6 Å². The summed E-state index contributed by atoms with van der Waals surface area (Å²) in [7, 11) is 6.01. The Morgan fingerprint density at radius 1 is 1.06 bits per heavy atom. The number of aliphatic imine (C=N–C) groups is 2. The number of amides is 2. The fraction of sp³-hybridized carbons (Fsp3) is 0.447. The average Bonchev–Trinajstić information content (AvgIpc) is 3.88. The molecule has 5 aliphatic rings. The summed E-state index contributed by atoms with van der Waals surface area (Å²) in [6.45, 7) is 11.6. The third kappa shape index (κ3) is 10.4. The number of carbonyl (C=O) groups excluding carboxylic acids is 3. The van der Waals surface area contributed by atoms with Gasteiger partial charge in [0.15, 0.2) is 12.4 Å². The van der Waals surface area contributed by atoms with Gasteiger partial charge in [0.25, 0.3) is 17.9 Å². The molecule has 8 rings (SSSR count). The second-order valence-corrected chi connectivity index (χ2v) is 16.8. The van der Waals surface area contributed by atoms with Crippen molar-refractivity contribution in [3.8, 4) is 5.75 Å². The number of Topliss-reactive ketones (excluding diaryl/α,β-unsaturated/α-hetero) is 1. The molecule has 1 spiro atoms. The van der Waals surface area contributed by atoms with Crippen LogP contribution in [0.25, 0.3) is 0 Å². The number of guanidine groups is 1. The fourth-order valence-corrected chi connectivity index (χ4v) is 8.30. The molecule has 0 saturated carbocycles. The van der Waals surface area contributed by atoms with E-state index in [1.807, 2.05) is 18.3 Å². The molecule has 2 saturated heterocycles. The zero-order valence-electron chi connectivity index (χ0n) is 37.6. The van der Waals surface area contributed by atoms with Gasteiger partial charge in [0, 0.05) is 41.7 Å². The van der Waals surface area contributed by atoms with Gasteiger partial charge in [-0.15, -0.1) is 29.8 Å². The number of fused-ring (bicyclic) bond motifs is 3. The number of nitrogens with one attached hydrogen (secondary N) is 4. The molecule has 3 unspecified atom stereocenters. The van der Waals surface area contributed by atoms with Gasteiger partial charge in [-0.3, -0.25) is 19.9 Å². The van der Waals surface area contributed by atoms with Gasteiger partial charge < -0.3 is 39.4 Å². The molecule has 66 heavy (non-hydrogen) atoms. The predicted octanol–water partition coefficient (Wildman–Crippen LogP) is 4.94. The van der Waals surface area contributed by atoms with Gasteiger partial charge >= 0.3 is 45.5 Å². The van der Waals surface area contributed by atoms with Crippen LogP contribution in [0.4, 0.5) is 11.4 Å². The van der Waals surface area contributed by atoms with E-state index >= 15 is 0 Å². The first-order chi connectivity index (χ1) is 31.9. The van der Waals surface area contributed by atoms with Crippen LogP contribution in [0.3, 0.4) is 0 Å². The van der Waals surface area contributed by atoms with Crippen LogP contribution in [-0.2, 0) is 51.5 Å². The van der Waals surface area contributed by atoms with Crippen LogP contribution in [0.15, 0.2) is 70.6 Å². The second kappa shape index (κ2) is 21.7. The molecule has 3 aromatic rings. The SMILES string of the molecule is CO[C@H]1O[C@@H](COCCOc2c[c-]c(C=Nc3c(C(C)C)cccc3C(C)C)cc2)C2OC3(O[C@H]21)[N+]1=CC(CNc2ccc(C(=O)NCCCC(C)=O)cc2)=NC2C(=O)NC(=N)[N+]3=C21.[Cl][Pd+]. The molecule has 5 aliphatic heterocycles. The number of anilines is 1. The van der Waals surface area contributed by atoms with Gasteiger partial charge in [-0.1, -0.05) is 45.9 Å². The van der Waals surface area contributed by atoms with Crippen LogP contribution in [0.5, 0.6) is 5.75 Å². The van der Waals surface area contributed by atoms with Gasteiger partial charge in [0.05, 0.1) is 32.1 Å². The maximum atomic E-state index is 13.1. The molecule has 352 valence electrons. The second-order valence-electron chi connectivity index (χ2n) is 16.8. The summed E-state index contributed by atoms with van der Waals surface area (Å²) in [6.07, 6.45) is 1.87. The Balaban J connectivity index is 0.00000320. The summed E-state index contributed by atoms with van der Waals surface area (Å²) in [6, 6.07) is 19.7. The molecular formula is C47H55ClN8O9Pd+2. The maximum absolute atomic E-state index is 13.1. The minimum atomic E-state index is -1.60. The molecule has 0 bridgehead atoms. The van der Waals surface area contributed by atoms with Crippen LogP contribution >= 0.6 is 9.53 Å². The first kappa shape index (κ1) is 48.9. The van der Waals surface area contributed by atoms with Crippen molar-refractivity contribution >= 4 is 68.4 Å². The number of rotatable bonds is 19. The molecule has 5 heterocycles. The molecule has 2 fully saturated rings. The standard InChI is InChI=1S/C47H54N8O9.ClH.Pd/c1-27(2)35-10-7-11-36(28(3)4)38(35)51-23-30-12-18-34(19-13-30)61-22-21-60-26-37-40-41(45(59-6)62-37)64-47(63-40)54-25-33(52-39-43(58)53-46(48)55(47)44(39)54)24-50-32-16-14-31(15-17-32)42(57)49-20-8-9-29(5)56;;/h7,10-12,14-19,23,25,27-28,37,39-41,45H,8-9,20-22,24,26H2,1-6H3,(H3-,48,49,50,53,57,58);1H;/q;;+2/t37-,39?,40?,41+,45-,47?;;/m0../s1. The summed E-state index contributed by atoms with van der Waals surface area (Å²) in [5, 5.41) is 17.4. The van der Waals surface area contributed by atoms with E-state index in [1.165, 1.54) is 29.7 Å². The van der Waals surface area contributed by atoms with Crippen molar-refractivity contribution in [3.63, 3.8) is 0 Å². The Labute approximate surface area is 398 Å². The quantitative estimate of drug-likeness (QED) is 0.0420.